The fourth-order valence-corrected chi connectivity index (χ4v) is 2.12. The molecule has 0 aromatic rings. The van der Waals surface area contributed by atoms with E-state index in [1.54, 1.807) is 11.0 Å². The van der Waals surface area contributed by atoms with Gasteiger partial charge in [-0.3, -0.25) is 9.59 Å². The molecule has 5 heteroatoms. The van der Waals surface area contributed by atoms with E-state index in [1.165, 1.54) is 0 Å². The monoisotopic (exact) mass is 240 g/mol. The molecule has 0 saturated carbocycles. The molecule has 1 amide bonds. The second-order valence-corrected chi connectivity index (χ2v) is 4.50. The highest BCUT2D eigenvalue weighted by Gasteiger charge is 2.26. The van der Waals surface area contributed by atoms with Crippen LogP contribution in [0, 0.1) is 5.92 Å². The highest BCUT2D eigenvalue weighted by atomic mass is 16.4. The molecule has 96 valence electrons. The second kappa shape index (κ2) is 6.39. The van der Waals surface area contributed by atoms with E-state index < -0.39 is 12.0 Å². The fourth-order valence-electron chi connectivity index (χ4n) is 2.12. The van der Waals surface area contributed by atoms with Crippen LogP contribution in [0.25, 0.3) is 0 Å². The number of carboxylic acids is 1. The number of aliphatic carboxylic acids is 1. The predicted molar refractivity (Wildman–Crippen MR) is 64.3 cm³/mol. The molecular formula is C12H20N2O3. The van der Waals surface area contributed by atoms with Crippen LogP contribution in [-0.4, -0.2) is 41.0 Å². The maximum Gasteiger partial charge on any atom is 0.303 e. The molecule has 1 atom stereocenters. The molecule has 17 heavy (non-hydrogen) atoms. The lowest BCUT2D eigenvalue weighted by Gasteiger charge is -2.32. The summed E-state index contributed by atoms with van der Waals surface area (Å²) in [4.78, 5) is 24.1. The SMILES string of the molecule is C=CCC(N)C(=O)N1CCC(CC(=O)O)CC1. The van der Waals surface area contributed by atoms with E-state index in [4.69, 9.17) is 10.8 Å². The quantitative estimate of drug-likeness (QED) is 0.689. The van der Waals surface area contributed by atoms with Crippen LogP contribution in [0.5, 0.6) is 0 Å². The smallest absolute Gasteiger partial charge is 0.303 e. The summed E-state index contributed by atoms with van der Waals surface area (Å²) in [6, 6.07) is -0.511. The lowest BCUT2D eigenvalue weighted by atomic mass is 9.93. The van der Waals surface area contributed by atoms with Gasteiger partial charge in [0.1, 0.15) is 0 Å². The molecule has 0 aliphatic carbocycles. The van der Waals surface area contributed by atoms with Gasteiger partial charge in [-0.1, -0.05) is 6.08 Å². The minimum absolute atomic E-state index is 0.0568. The molecule has 1 aliphatic heterocycles. The molecule has 1 unspecified atom stereocenters. The van der Waals surface area contributed by atoms with Gasteiger partial charge in [-0.15, -0.1) is 6.58 Å². The Morgan fingerprint density at radius 2 is 2.06 bits per heavy atom. The lowest BCUT2D eigenvalue weighted by molar-refractivity contribution is -0.138. The number of rotatable bonds is 5. The lowest BCUT2D eigenvalue weighted by Crippen LogP contribution is -2.47. The molecule has 0 bridgehead atoms. The minimum Gasteiger partial charge on any atom is -0.481 e. The Kier molecular flexibility index (Phi) is 5.15. The Hall–Kier alpha value is -1.36. The van der Waals surface area contributed by atoms with Crippen molar-refractivity contribution in [1.29, 1.82) is 0 Å². The van der Waals surface area contributed by atoms with Gasteiger partial charge in [-0.2, -0.15) is 0 Å². The van der Waals surface area contributed by atoms with Gasteiger partial charge in [-0.25, -0.2) is 0 Å². The maximum atomic E-state index is 11.9. The predicted octanol–water partition coefficient (Wildman–Crippen LogP) is 0.603. The first-order valence-corrected chi connectivity index (χ1v) is 5.91. The summed E-state index contributed by atoms with van der Waals surface area (Å²) in [7, 11) is 0. The van der Waals surface area contributed by atoms with Crippen molar-refractivity contribution in [2.75, 3.05) is 13.1 Å². The zero-order chi connectivity index (χ0) is 12.8. The van der Waals surface area contributed by atoms with Crippen molar-refractivity contribution in [2.45, 2.75) is 31.7 Å². The number of nitrogens with zero attached hydrogens (tertiary/aromatic N) is 1. The third-order valence-electron chi connectivity index (χ3n) is 3.13. The molecule has 1 heterocycles. The number of hydrogen-bond acceptors (Lipinski definition) is 3. The number of carbonyl (C=O) groups excluding carboxylic acids is 1. The summed E-state index contributed by atoms with van der Waals surface area (Å²) in [5, 5.41) is 8.69. The zero-order valence-corrected chi connectivity index (χ0v) is 9.97. The molecule has 0 aromatic heterocycles. The summed E-state index contributed by atoms with van der Waals surface area (Å²) >= 11 is 0. The average molecular weight is 240 g/mol. The van der Waals surface area contributed by atoms with Crippen LogP contribution in [0.15, 0.2) is 12.7 Å². The molecule has 3 N–H and O–H groups in total. The van der Waals surface area contributed by atoms with Crippen molar-refractivity contribution in [2.24, 2.45) is 11.7 Å². The van der Waals surface area contributed by atoms with Gasteiger partial charge >= 0.3 is 5.97 Å². The number of carbonyl (C=O) groups is 2. The van der Waals surface area contributed by atoms with Crippen LogP contribution < -0.4 is 5.73 Å². The molecule has 1 aliphatic rings. The zero-order valence-electron chi connectivity index (χ0n) is 9.97. The molecule has 1 saturated heterocycles. The minimum atomic E-state index is -0.766. The summed E-state index contributed by atoms with van der Waals surface area (Å²) in [6.45, 7) is 4.78. The van der Waals surface area contributed by atoms with Crippen LogP contribution in [0.3, 0.4) is 0 Å². The third-order valence-corrected chi connectivity index (χ3v) is 3.13. The first-order valence-electron chi connectivity index (χ1n) is 5.91. The number of nitrogens with two attached hydrogens (primary N) is 1. The number of likely N-dealkylation sites (tertiary alicyclic amines) is 1. The van der Waals surface area contributed by atoms with E-state index in [-0.39, 0.29) is 18.2 Å². The Morgan fingerprint density at radius 3 is 2.53 bits per heavy atom. The van der Waals surface area contributed by atoms with E-state index in [2.05, 4.69) is 6.58 Å². The Labute approximate surface area is 101 Å². The van der Waals surface area contributed by atoms with Crippen LogP contribution in [0.2, 0.25) is 0 Å². The molecule has 0 aromatic carbocycles. The van der Waals surface area contributed by atoms with Crippen molar-refractivity contribution in [3.63, 3.8) is 0 Å². The topological polar surface area (TPSA) is 83.6 Å². The standard InChI is InChI=1S/C12H20N2O3/c1-2-3-10(13)12(17)14-6-4-9(5-7-14)8-11(15)16/h2,9-10H,1,3-8,13H2,(H,15,16). The van der Waals surface area contributed by atoms with Gasteiger partial charge in [0.05, 0.1) is 6.04 Å². The number of amides is 1. The van der Waals surface area contributed by atoms with Crippen molar-refractivity contribution >= 4 is 11.9 Å². The van der Waals surface area contributed by atoms with Crippen molar-refractivity contribution in [3.8, 4) is 0 Å². The van der Waals surface area contributed by atoms with Crippen molar-refractivity contribution in [1.82, 2.24) is 4.90 Å². The maximum absolute atomic E-state index is 11.9. The molecule has 0 radical (unpaired) electrons. The Bertz CT molecular complexity index is 296. The average Bonchev–Trinajstić information content (AvgIpc) is 2.28. The molecule has 1 fully saturated rings. The first-order chi connectivity index (χ1) is 8.04. The second-order valence-electron chi connectivity index (χ2n) is 4.50. The fraction of sp³-hybridized carbons (Fsp3) is 0.667. The number of carboxylic acid groups (broad SMARTS) is 1. The van der Waals surface area contributed by atoms with Crippen LogP contribution in [0.4, 0.5) is 0 Å². The van der Waals surface area contributed by atoms with Gasteiger partial charge in [0, 0.05) is 19.5 Å². The largest absolute Gasteiger partial charge is 0.481 e. The number of piperidine rings is 1. The van der Waals surface area contributed by atoms with Crippen LogP contribution in [-0.2, 0) is 9.59 Å². The normalized spacial score (nSPS) is 18.8. The highest BCUT2D eigenvalue weighted by Crippen LogP contribution is 2.20. The van der Waals surface area contributed by atoms with E-state index in [9.17, 15) is 9.59 Å². The van der Waals surface area contributed by atoms with Crippen molar-refractivity contribution < 1.29 is 14.7 Å². The molecule has 5 nitrogen and oxygen atoms in total. The van der Waals surface area contributed by atoms with Gasteiger partial charge in [-0.05, 0) is 25.2 Å². The van der Waals surface area contributed by atoms with Crippen LogP contribution in [0.1, 0.15) is 25.7 Å². The van der Waals surface area contributed by atoms with Gasteiger partial charge < -0.3 is 15.7 Å². The van der Waals surface area contributed by atoms with E-state index >= 15 is 0 Å². The summed E-state index contributed by atoms with van der Waals surface area (Å²) in [6.07, 6.45) is 3.81. The van der Waals surface area contributed by atoms with Gasteiger partial charge in [0.15, 0.2) is 0 Å². The van der Waals surface area contributed by atoms with Gasteiger partial charge in [0.2, 0.25) is 5.91 Å². The summed E-state index contributed by atoms with van der Waals surface area (Å²) in [5.41, 5.74) is 5.72. The van der Waals surface area contributed by atoms with E-state index in [0.717, 1.165) is 12.8 Å². The summed E-state index contributed by atoms with van der Waals surface area (Å²) < 4.78 is 0. The third kappa shape index (κ3) is 4.19. The number of hydrogen-bond donors (Lipinski definition) is 2. The summed E-state index contributed by atoms with van der Waals surface area (Å²) in [5.74, 6) is -0.635. The molecule has 0 spiro atoms. The van der Waals surface area contributed by atoms with E-state index in [1.807, 2.05) is 0 Å². The van der Waals surface area contributed by atoms with E-state index in [0.29, 0.717) is 19.5 Å². The van der Waals surface area contributed by atoms with Gasteiger partial charge in [0.25, 0.3) is 0 Å². The van der Waals surface area contributed by atoms with Crippen LogP contribution >= 0.6 is 0 Å². The Morgan fingerprint density at radius 1 is 1.47 bits per heavy atom. The Balaban J connectivity index is 2.38. The molecular weight excluding hydrogens is 220 g/mol. The molecule has 1 rings (SSSR count). The van der Waals surface area contributed by atoms with Crippen molar-refractivity contribution in [3.05, 3.63) is 12.7 Å². The first kappa shape index (κ1) is 13.7. The highest BCUT2D eigenvalue weighted by molar-refractivity contribution is 5.81.